The highest BCUT2D eigenvalue weighted by Crippen LogP contribution is 2.20. The molecule has 1 aromatic carbocycles. The number of alkyl halides is 1. The van der Waals surface area contributed by atoms with Crippen LogP contribution in [0, 0.1) is 11.8 Å². The zero-order chi connectivity index (χ0) is 19.9. The van der Waals surface area contributed by atoms with E-state index in [1.165, 1.54) is 0 Å². The molecule has 0 spiro atoms. The van der Waals surface area contributed by atoms with Crippen molar-refractivity contribution in [3.63, 3.8) is 0 Å². The second kappa shape index (κ2) is 9.03. The molecule has 0 radical (unpaired) electrons. The minimum atomic E-state index is -0.578. The topological polar surface area (TPSA) is 39.4 Å². The average Bonchev–Trinajstić information content (AvgIpc) is 3.20. The van der Waals surface area contributed by atoms with Crippen molar-refractivity contribution in [3.8, 4) is 17.6 Å². The van der Waals surface area contributed by atoms with Crippen molar-refractivity contribution in [1.29, 1.82) is 0 Å². The zero-order valence-corrected chi connectivity index (χ0v) is 15.9. The molecule has 0 N–H and O–H groups in total. The van der Waals surface area contributed by atoms with Gasteiger partial charge in [-0.2, -0.15) is 0 Å². The van der Waals surface area contributed by atoms with Crippen molar-refractivity contribution < 1.29 is 9.13 Å². The molecule has 0 fully saturated rings. The van der Waals surface area contributed by atoms with Gasteiger partial charge in [0.15, 0.2) is 11.4 Å². The van der Waals surface area contributed by atoms with Crippen LogP contribution in [-0.2, 0) is 19.7 Å². The summed E-state index contributed by atoms with van der Waals surface area (Å²) in [4.78, 5) is 8.84. The van der Waals surface area contributed by atoms with E-state index in [0.29, 0.717) is 24.4 Å². The lowest BCUT2D eigenvalue weighted by molar-refractivity contribution is 0.308. The second-order valence-electron chi connectivity index (χ2n) is 6.56. The molecule has 0 saturated carbocycles. The summed E-state index contributed by atoms with van der Waals surface area (Å²) in [6, 6.07) is 19.1. The maximum atomic E-state index is 12.7. The van der Waals surface area contributed by atoms with E-state index in [0.717, 1.165) is 29.1 Å². The SMILES string of the molecule is FCc1cccc(C#CCCc2cn3cccc(OCc4ccccc4)c3n2)n1. The number of aryl methyl sites for hydroxylation is 1. The van der Waals surface area contributed by atoms with E-state index >= 15 is 0 Å². The van der Waals surface area contributed by atoms with Gasteiger partial charge in [-0.1, -0.05) is 42.3 Å². The molecule has 4 nitrogen and oxygen atoms in total. The van der Waals surface area contributed by atoms with Crippen molar-refractivity contribution in [3.05, 3.63) is 95.7 Å². The minimum absolute atomic E-state index is 0.403. The van der Waals surface area contributed by atoms with Gasteiger partial charge >= 0.3 is 0 Å². The number of fused-ring (bicyclic) bond motifs is 1. The third-order valence-electron chi connectivity index (χ3n) is 4.40. The van der Waals surface area contributed by atoms with E-state index in [1.807, 2.05) is 59.3 Å². The molecular formula is C24H20FN3O. The quantitative estimate of drug-likeness (QED) is 0.449. The van der Waals surface area contributed by atoms with Gasteiger partial charge in [-0.05, 0) is 35.7 Å². The second-order valence-corrected chi connectivity index (χ2v) is 6.56. The lowest BCUT2D eigenvalue weighted by Gasteiger charge is -2.07. The van der Waals surface area contributed by atoms with Crippen LogP contribution in [0.4, 0.5) is 4.39 Å². The Hall–Kier alpha value is -3.65. The summed E-state index contributed by atoms with van der Waals surface area (Å²) in [5.74, 6) is 6.83. The van der Waals surface area contributed by atoms with Crippen LogP contribution in [0.25, 0.3) is 5.65 Å². The molecular weight excluding hydrogens is 365 g/mol. The molecule has 4 rings (SSSR count). The number of aromatic nitrogens is 3. The molecule has 0 unspecified atom stereocenters. The Labute approximate surface area is 169 Å². The molecule has 0 bridgehead atoms. The predicted molar refractivity (Wildman–Crippen MR) is 110 cm³/mol. The zero-order valence-electron chi connectivity index (χ0n) is 15.9. The lowest BCUT2D eigenvalue weighted by Crippen LogP contribution is -1.97. The fourth-order valence-electron chi connectivity index (χ4n) is 2.97. The summed E-state index contributed by atoms with van der Waals surface area (Å²) >= 11 is 0. The average molecular weight is 385 g/mol. The van der Waals surface area contributed by atoms with Crippen LogP contribution in [0.5, 0.6) is 5.75 Å². The van der Waals surface area contributed by atoms with E-state index in [9.17, 15) is 4.39 Å². The number of imidazole rings is 1. The Kier molecular flexibility index (Phi) is 5.82. The maximum Gasteiger partial charge on any atom is 0.179 e. The summed E-state index contributed by atoms with van der Waals surface area (Å²) in [5, 5.41) is 0. The van der Waals surface area contributed by atoms with Gasteiger partial charge < -0.3 is 9.14 Å². The number of hydrogen-bond donors (Lipinski definition) is 0. The van der Waals surface area contributed by atoms with Gasteiger partial charge in [0.25, 0.3) is 0 Å². The van der Waals surface area contributed by atoms with Crippen LogP contribution in [0.2, 0.25) is 0 Å². The molecule has 3 aromatic heterocycles. The molecule has 0 aliphatic rings. The molecule has 0 aliphatic heterocycles. The van der Waals surface area contributed by atoms with Gasteiger partial charge in [0, 0.05) is 25.2 Å². The van der Waals surface area contributed by atoms with Crippen molar-refractivity contribution in [2.75, 3.05) is 0 Å². The predicted octanol–water partition coefficient (Wildman–Crippen LogP) is 4.76. The van der Waals surface area contributed by atoms with Crippen LogP contribution in [-0.4, -0.2) is 14.4 Å². The Morgan fingerprint density at radius 3 is 2.69 bits per heavy atom. The molecule has 4 aromatic rings. The first-order valence-electron chi connectivity index (χ1n) is 9.46. The first-order chi connectivity index (χ1) is 14.3. The van der Waals surface area contributed by atoms with Crippen LogP contribution in [0.1, 0.15) is 29.1 Å². The Bertz CT molecular complexity index is 1160. The fourth-order valence-corrected chi connectivity index (χ4v) is 2.97. The highest BCUT2D eigenvalue weighted by molar-refractivity contribution is 5.54. The molecule has 3 heterocycles. The Morgan fingerprint density at radius 2 is 1.83 bits per heavy atom. The summed E-state index contributed by atoms with van der Waals surface area (Å²) in [7, 11) is 0. The number of pyridine rings is 2. The molecule has 5 heteroatoms. The maximum absolute atomic E-state index is 12.7. The first-order valence-corrected chi connectivity index (χ1v) is 9.46. The van der Waals surface area contributed by atoms with Crippen LogP contribution in [0.3, 0.4) is 0 Å². The molecule has 0 saturated heterocycles. The van der Waals surface area contributed by atoms with Crippen LogP contribution >= 0.6 is 0 Å². The van der Waals surface area contributed by atoms with Gasteiger partial charge in [0.2, 0.25) is 0 Å². The van der Waals surface area contributed by atoms with Gasteiger partial charge in [0.05, 0.1) is 11.4 Å². The summed E-state index contributed by atoms with van der Waals surface area (Å²) in [5.41, 5.74) is 3.85. The summed E-state index contributed by atoms with van der Waals surface area (Å²) in [6.45, 7) is -0.0788. The Balaban J connectivity index is 1.42. The molecule has 29 heavy (non-hydrogen) atoms. The summed E-state index contributed by atoms with van der Waals surface area (Å²) < 4.78 is 20.6. The smallest absolute Gasteiger partial charge is 0.179 e. The van der Waals surface area contributed by atoms with Gasteiger partial charge in [-0.3, -0.25) is 0 Å². The standard InChI is InChI=1S/C24H20FN3O/c25-16-21-13-6-12-20(26-21)10-4-5-11-22-17-28-15-7-14-23(24(28)27-22)29-18-19-8-2-1-3-9-19/h1-3,6-9,12-15,17H,5,11,16,18H2. The van der Waals surface area contributed by atoms with Gasteiger partial charge in [0.1, 0.15) is 19.0 Å². The molecule has 0 aliphatic carbocycles. The normalized spacial score (nSPS) is 10.5. The highest BCUT2D eigenvalue weighted by atomic mass is 19.1. The monoisotopic (exact) mass is 385 g/mol. The van der Waals surface area contributed by atoms with Crippen molar-refractivity contribution in [1.82, 2.24) is 14.4 Å². The number of rotatable bonds is 6. The number of halogens is 1. The highest BCUT2D eigenvalue weighted by Gasteiger charge is 2.07. The third-order valence-corrected chi connectivity index (χ3v) is 4.40. The van der Waals surface area contributed by atoms with Crippen molar-refractivity contribution in [2.24, 2.45) is 0 Å². The van der Waals surface area contributed by atoms with Crippen LogP contribution in [0.15, 0.2) is 73.1 Å². The largest absolute Gasteiger partial charge is 0.485 e. The molecule has 144 valence electrons. The third kappa shape index (κ3) is 4.80. The Morgan fingerprint density at radius 1 is 0.931 bits per heavy atom. The van der Waals surface area contributed by atoms with Crippen molar-refractivity contribution in [2.45, 2.75) is 26.1 Å². The first kappa shape index (κ1) is 18.7. The number of nitrogens with zero attached hydrogens (tertiary/aromatic N) is 3. The van der Waals surface area contributed by atoms with E-state index < -0.39 is 6.67 Å². The number of hydrogen-bond acceptors (Lipinski definition) is 3. The fraction of sp³-hybridized carbons (Fsp3) is 0.167. The van der Waals surface area contributed by atoms with E-state index in [2.05, 4.69) is 16.8 Å². The number of ether oxygens (including phenoxy) is 1. The number of benzene rings is 1. The van der Waals surface area contributed by atoms with Gasteiger partial charge in [-0.25, -0.2) is 14.4 Å². The summed E-state index contributed by atoms with van der Waals surface area (Å²) in [6.07, 6.45) is 5.31. The van der Waals surface area contributed by atoms with Crippen molar-refractivity contribution >= 4 is 5.65 Å². The van der Waals surface area contributed by atoms with E-state index in [-0.39, 0.29) is 0 Å². The minimum Gasteiger partial charge on any atom is -0.485 e. The molecule has 0 amide bonds. The van der Waals surface area contributed by atoms with Crippen LogP contribution < -0.4 is 4.74 Å². The molecule has 0 atom stereocenters. The van der Waals surface area contributed by atoms with E-state index in [1.54, 1.807) is 18.2 Å². The lowest BCUT2D eigenvalue weighted by atomic mass is 10.2. The van der Waals surface area contributed by atoms with E-state index in [4.69, 9.17) is 9.72 Å². The van der Waals surface area contributed by atoms with Gasteiger partial charge in [-0.15, -0.1) is 0 Å².